The SMILES string of the molecule is COc1ccc(C(=O)NNC(=O)CN2CCC(N(C)S(C)(=O)=O)CC2)cc1OC. The Morgan fingerprint density at radius 2 is 1.76 bits per heavy atom. The number of carbonyl (C=O) groups is 2. The van der Waals surface area contributed by atoms with Gasteiger partial charge in [0.1, 0.15) is 0 Å². The maximum absolute atomic E-state index is 12.2. The van der Waals surface area contributed by atoms with Crippen LogP contribution in [0.4, 0.5) is 0 Å². The van der Waals surface area contributed by atoms with E-state index < -0.39 is 15.9 Å². The summed E-state index contributed by atoms with van der Waals surface area (Å²) in [6.45, 7) is 1.31. The lowest BCUT2D eigenvalue weighted by molar-refractivity contribution is -0.123. The Morgan fingerprint density at radius 3 is 2.31 bits per heavy atom. The molecule has 1 aliphatic rings. The van der Waals surface area contributed by atoms with Crippen LogP contribution in [0.2, 0.25) is 0 Å². The van der Waals surface area contributed by atoms with Crippen LogP contribution in [-0.4, -0.2) is 82.6 Å². The number of hydrogen-bond acceptors (Lipinski definition) is 7. The lowest BCUT2D eigenvalue weighted by atomic mass is 10.1. The Kier molecular flexibility index (Phi) is 7.82. The highest BCUT2D eigenvalue weighted by Crippen LogP contribution is 2.27. The maximum Gasteiger partial charge on any atom is 0.269 e. The second kappa shape index (κ2) is 9.90. The maximum atomic E-state index is 12.2. The summed E-state index contributed by atoms with van der Waals surface area (Å²) in [5.74, 6) is 0.0768. The van der Waals surface area contributed by atoms with Crippen LogP contribution in [0.3, 0.4) is 0 Å². The van der Waals surface area contributed by atoms with Crippen LogP contribution >= 0.6 is 0 Å². The Labute approximate surface area is 171 Å². The van der Waals surface area contributed by atoms with Gasteiger partial charge in [-0.3, -0.25) is 25.3 Å². The van der Waals surface area contributed by atoms with Gasteiger partial charge in [0, 0.05) is 31.7 Å². The summed E-state index contributed by atoms with van der Waals surface area (Å²) in [4.78, 5) is 26.3. The van der Waals surface area contributed by atoms with Gasteiger partial charge in [-0.2, -0.15) is 0 Å². The monoisotopic (exact) mass is 428 g/mol. The summed E-state index contributed by atoms with van der Waals surface area (Å²) in [7, 11) is 1.32. The van der Waals surface area contributed by atoms with E-state index in [4.69, 9.17) is 9.47 Å². The van der Waals surface area contributed by atoms with Gasteiger partial charge in [-0.1, -0.05) is 0 Å². The third-order valence-corrected chi connectivity index (χ3v) is 6.27. The number of nitrogens with zero attached hydrogens (tertiary/aromatic N) is 2. The van der Waals surface area contributed by atoms with Gasteiger partial charge < -0.3 is 9.47 Å². The van der Waals surface area contributed by atoms with Crippen LogP contribution in [-0.2, 0) is 14.8 Å². The average Bonchev–Trinajstić information content (AvgIpc) is 2.70. The van der Waals surface area contributed by atoms with Gasteiger partial charge >= 0.3 is 0 Å². The summed E-state index contributed by atoms with van der Waals surface area (Å²) in [5, 5.41) is 0. The fourth-order valence-electron chi connectivity index (χ4n) is 3.13. The molecule has 1 aliphatic heterocycles. The number of nitrogens with one attached hydrogen (secondary N) is 2. The zero-order valence-electron chi connectivity index (χ0n) is 17.1. The number of rotatable bonds is 7. The highest BCUT2D eigenvalue weighted by molar-refractivity contribution is 7.88. The molecular formula is C18H28N4O6S. The van der Waals surface area contributed by atoms with E-state index in [1.54, 1.807) is 19.2 Å². The number of methoxy groups -OCH3 is 2. The summed E-state index contributed by atoms with van der Waals surface area (Å²) in [6.07, 6.45) is 2.48. The predicted octanol–water partition coefficient (Wildman–Crippen LogP) is -0.179. The molecule has 0 saturated carbocycles. The Bertz CT molecular complexity index is 837. The topological polar surface area (TPSA) is 117 Å². The van der Waals surface area contributed by atoms with E-state index in [2.05, 4.69) is 10.9 Å². The summed E-state index contributed by atoms with van der Waals surface area (Å²) in [6, 6.07) is 4.62. The number of ether oxygens (including phenoxy) is 2. The van der Waals surface area contributed by atoms with Gasteiger partial charge in [-0.05, 0) is 31.0 Å². The van der Waals surface area contributed by atoms with Crippen molar-refractivity contribution < 1.29 is 27.5 Å². The number of piperidine rings is 1. The lowest BCUT2D eigenvalue weighted by Crippen LogP contribution is -2.50. The van der Waals surface area contributed by atoms with Crippen LogP contribution in [0, 0.1) is 0 Å². The largest absolute Gasteiger partial charge is 0.493 e. The van der Waals surface area contributed by atoms with E-state index in [1.165, 1.54) is 30.8 Å². The van der Waals surface area contributed by atoms with Crippen molar-refractivity contribution in [3.63, 3.8) is 0 Å². The molecule has 0 atom stereocenters. The molecule has 11 heteroatoms. The molecule has 1 heterocycles. The smallest absolute Gasteiger partial charge is 0.269 e. The fourth-order valence-corrected chi connectivity index (χ4v) is 3.88. The number of benzene rings is 1. The van der Waals surface area contributed by atoms with Gasteiger partial charge in [0.05, 0.1) is 27.0 Å². The molecule has 162 valence electrons. The quantitative estimate of drug-likeness (QED) is 0.579. The van der Waals surface area contributed by atoms with Crippen LogP contribution in [0.5, 0.6) is 11.5 Å². The highest BCUT2D eigenvalue weighted by Gasteiger charge is 2.27. The van der Waals surface area contributed by atoms with Crippen LogP contribution in [0.25, 0.3) is 0 Å². The van der Waals surface area contributed by atoms with Crippen molar-refractivity contribution in [1.29, 1.82) is 0 Å². The molecule has 2 rings (SSSR count). The van der Waals surface area contributed by atoms with Crippen LogP contribution in [0.1, 0.15) is 23.2 Å². The summed E-state index contributed by atoms with van der Waals surface area (Å²) >= 11 is 0. The van der Waals surface area contributed by atoms with E-state index in [-0.39, 0.29) is 18.5 Å². The minimum atomic E-state index is -3.23. The number of sulfonamides is 1. The second-order valence-electron chi connectivity index (χ2n) is 6.86. The molecule has 1 aromatic rings. The molecule has 0 bridgehead atoms. The number of likely N-dealkylation sites (tertiary alicyclic amines) is 1. The van der Waals surface area contributed by atoms with Gasteiger partial charge in [0.2, 0.25) is 10.0 Å². The molecule has 0 aliphatic carbocycles. The third kappa shape index (κ3) is 6.31. The predicted molar refractivity (Wildman–Crippen MR) is 107 cm³/mol. The van der Waals surface area contributed by atoms with Crippen molar-refractivity contribution >= 4 is 21.8 Å². The highest BCUT2D eigenvalue weighted by atomic mass is 32.2. The molecule has 0 aromatic heterocycles. The van der Waals surface area contributed by atoms with Crippen molar-refractivity contribution in [3.8, 4) is 11.5 Å². The van der Waals surface area contributed by atoms with Gasteiger partial charge in [-0.25, -0.2) is 12.7 Å². The van der Waals surface area contributed by atoms with Crippen molar-refractivity contribution in [2.45, 2.75) is 18.9 Å². The molecule has 0 unspecified atom stereocenters. The van der Waals surface area contributed by atoms with E-state index in [0.717, 1.165) is 0 Å². The van der Waals surface area contributed by atoms with E-state index >= 15 is 0 Å². The van der Waals surface area contributed by atoms with Crippen LogP contribution < -0.4 is 20.3 Å². The van der Waals surface area contributed by atoms with E-state index in [1.807, 2.05) is 4.90 Å². The Morgan fingerprint density at radius 1 is 1.14 bits per heavy atom. The Hall–Kier alpha value is -2.37. The summed E-state index contributed by atoms with van der Waals surface area (Å²) in [5.41, 5.74) is 5.08. The summed E-state index contributed by atoms with van der Waals surface area (Å²) < 4.78 is 34.9. The van der Waals surface area contributed by atoms with Crippen molar-refractivity contribution in [1.82, 2.24) is 20.1 Å². The first-order chi connectivity index (χ1) is 13.7. The lowest BCUT2D eigenvalue weighted by Gasteiger charge is -2.35. The Balaban J connectivity index is 1.80. The van der Waals surface area contributed by atoms with Gasteiger partial charge in [0.15, 0.2) is 11.5 Å². The van der Waals surface area contributed by atoms with Crippen molar-refractivity contribution in [2.24, 2.45) is 0 Å². The minimum Gasteiger partial charge on any atom is -0.493 e. The molecular weight excluding hydrogens is 400 g/mol. The molecule has 2 amide bonds. The molecule has 10 nitrogen and oxygen atoms in total. The first-order valence-electron chi connectivity index (χ1n) is 9.12. The number of carbonyl (C=O) groups excluding carboxylic acids is 2. The van der Waals surface area contributed by atoms with Crippen molar-refractivity contribution in [2.75, 3.05) is 47.2 Å². The first-order valence-corrected chi connectivity index (χ1v) is 11.0. The number of hydrogen-bond donors (Lipinski definition) is 2. The first kappa shape index (κ1) is 22.9. The fraction of sp³-hybridized carbons (Fsp3) is 0.556. The molecule has 29 heavy (non-hydrogen) atoms. The third-order valence-electron chi connectivity index (χ3n) is 4.92. The molecule has 2 N–H and O–H groups in total. The standard InChI is InChI=1S/C18H28N4O6S/c1-21(29(4,25)26)14-7-9-22(10-8-14)12-17(23)19-20-18(24)13-5-6-15(27-2)16(11-13)28-3/h5-6,11,14H,7-10,12H2,1-4H3,(H,19,23)(H,20,24). The molecule has 1 saturated heterocycles. The normalized spacial score (nSPS) is 15.8. The van der Waals surface area contributed by atoms with Crippen molar-refractivity contribution in [3.05, 3.63) is 23.8 Å². The zero-order chi connectivity index (χ0) is 21.6. The molecule has 0 spiro atoms. The molecule has 0 radical (unpaired) electrons. The van der Waals surface area contributed by atoms with Crippen LogP contribution in [0.15, 0.2) is 18.2 Å². The molecule has 1 fully saturated rings. The number of hydrazine groups is 1. The van der Waals surface area contributed by atoms with E-state index in [0.29, 0.717) is 43.0 Å². The number of amides is 2. The van der Waals surface area contributed by atoms with E-state index in [9.17, 15) is 18.0 Å². The zero-order valence-corrected chi connectivity index (χ0v) is 17.9. The van der Waals surface area contributed by atoms with Gasteiger partial charge in [0.25, 0.3) is 11.8 Å². The molecule has 1 aromatic carbocycles. The second-order valence-corrected chi connectivity index (χ2v) is 8.90. The minimum absolute atomic E-state index is 0.0610. The van der Waals surface area contributed by atoms with Gasteiger partial charge in [-0.15, -0.1) is 0 Å². The average molecular weight is 429 g/mol.